The number of hydrogen-bond acceptors (Lipinski definition) is 0. The van der Waals surface area contributed by atoms with Gasteiger partial charge in [0.15, 0.2) is 4.33 Å². The van der Waals surface area contributed by atoms with Crippen LogP contribution < -0.4 is 0 Å². The summed E-state index contributed by atoms with van der Waals surface area (Å²) in [4.78, 5) is 0. The predicted octanol–water partition coefficient (Wildman–Crippen LogP) is 5.83. The molecular formula is C11H8Cl7O. The van der Waals surface area contributed by atoms with Crippen molar-refractivity contribution in [2.75, 3.05) is 6.61 Å². The summed E-state index contributed by atoms with van der Waals surface area (Å²) < 4.78 is -6.12. The van der Waals surface area contributed by atoms with Crippen molar-refractivity contribution in [1.82, 2.24) is 0 Å². The van der Waals surface area contributed by atoms with Gasteiger partial charge in [0.05, 0.1) is 6.61 Å². The van der Waals surface area contributed by atoms with Gasteiger partial charge in [-0.3, -0.25) is 0 Å². The van der Waals surface area contributed by atoms with Crippen molar-refractivity contribution >= 4 is 81.2 Å². The van der Waals surface area contributed by atoms with Crippen molar-refractivity contribution in [1.29, 1.82) is 0 Å². The summed E-state index contributed by atoms with van der Waals surface area (Å²) >= 11 is 41.7. The lowest BCUT2D eigenvalue weighted by molar-refractivity contribution is 0.197. The summed E-state index contributed by atoms with van der Waals surface area (Å²) in [6, 6.07) is 6.68. The second kappa shape index (κ2) is 6.54. The Morgan fingerprint density at radius 3 is 1.89 bits per heavy atom. The maximum Gasteiger partial charge on any atom is 0.226 e. The van der Waals surface area contributed by atoms with Gasteiger partial charge in [-0.25, -0.2) is 5.11 Å². The molecule has 0 saturated heterocycles. The van der Waals surface area contributed by atoms with Crippen LogP contribution in [-0.4, -0.2) is 14.7 Å². The topological polar surface area (TPSA) is 19.9 Å². The third kappa shape index (κ3) is 3.70. The number of hydrogen-bond donors (Lipinski definition) is 0. The van der Waals surface area contributed by atoms with Crippen LogP contribution in [0.4, 0.5) is 0 Å². The maximum atomic E-state index is 10.8. The Morgan fingerprint density at radius 2 is 1.42 bits per heavy atom. The van der Waals surface area contributed by atoms with Crippen LogP contribution in [0.15, 0.2) is 24.3 Å². The Morgan fingerprint density at radius 1 is 0.895 bits per heavy atom. The van der Waals surface area contributed by atoms with Crippen LogP contribution in [0.2, 0.25) is 0 Å². The molecule has 0 aromatic heterocycles. The number of rotatable bonds is 4. The highest BCUT2D eigenvalue weighted by Crippen LogP contribution is 2.60. The van der Waals surface area contributed by atoms with Crippen molar-refractivity contribution in [3.8, 4) is 0 Å². The van der Waals surface area contributed by atoms with E-state index in [0.717, 1.165) is 0 Å². The first-order valence-electron chi connectivity index (χ1n) is 5.04. The average Bonchev–Trinajstić information content (AvgIpc) is 2.28. The molecule has 0 aliphatic rings. The molecule has 0 amide bonds. The summed E-state index contributed by atoms with van der Waals surface area (Å²) in [5.74, 6) is 0. The molecule has 0 spiro atoms. The molecule has 1 aromatic rings. The lowest BCUT2D eigenvalue weighted by Gasteiger charge is -2.38. The van der Waals surface area contributed by atoms with Crippen molar-refractivity contribution < 1.29 is 5.11 Å². The van der Waals surface area contributed by atoms with Gasteiger partial charge in [0.25, 0.3) is 0 Å². The Kier molecular flexibility index (Phi) is 6.28. The molecule has 1 rings (SSSR count). The first-order valence-corrected chi connectivity index (χ1v) is 7.69. The molecule has 1 nitrogen and oxygen atoms in total. The summed E-state index contributed by atoms with van der Waals surface area (Å²) in [6.45, 7) is -0.341. The molecule has 1 aromatic carbocycles. The van der Waals surface area contributed by atoms with E-state index in [0.29, 0.717) is 11.1 Å². The first kappa shape index (κ1) is 18.3. The van der Waals surface area contributed by atoms with Crippen molar-refractivity contribution in [2.24, 2.45) is 0 Å². The van der Waals surface area contributed by atoms with Gasteiger partial charge in [-0.15, -0.1) is 0 Å². The Bertz CT molecular complexity index is 439. The van der Waals surface area contributed by atoms with Crippen LogP contribution in [0.5, 0.6) is 0 Å². The van der Waals surface area contributed by atoms with E-state index < -0.39 is 12.5 Å². The highest BCUT2D eigenvalue weighted by atomic mass is 35.6. The van der Waals surface area contributed by atoms with Crippen LogP contribution in [0.25, 0.3) is 0 Å². The standard InChI is InChI=1S/C11H8Cl7O/c12-9(13,10(14,15)11(16,17)18)8-4-2-1-3-7(8)5-6-19/h1-4H,5-6H2. The van der Waals surface area contributed by atoms with Gasteiger partial charge >= 0.3 is 0 Å². The quantitative estimate of drug-likeness (QED) is 0.563. The molecule has 0 atom stereocenters. The van der Waals surface area contributed by atoms with Crippen molar-refractivity contribution in [3.63, 3.8) is 0 Å². The van der Waals surface area contributed by atoms with E-state index in [9.17, 15) is 5.11 Å². The number of benzene rings is 1. The van der Waals surface area contributed by atoms with E-state index in [1.807, 2.05) is 0 Å². The summed E-state index contributed by atoms with van der Waals surface area (Å²) in [7, 11) is 0. The molecule has 0 unspecified atom stereocenters. The molecule has 0 aliphatic heterocycles. The van der Waals surface area contributed by atoms with Gasteiger partial charge in [0.1, 0.15) is 0 Å². The molecular weight excluding hydrogens is 396 g/mol. The molecule has 0 fully saturated rings. The van der Waals surface area contributed by atoms with Gasteiger partial charge in [0.2, 0.25) is 8.13 Å². The molecule has 0 aliphatic carbocycles. The second-order valence-electron chi connectivity index (χ2n) is 3.76. The third-order valence-electron chi connectivity index (χ3n) is 2.48. The van der Waals surface area contributed by atoms with Gasteiger partial charge < -0.3 is 0 Å². The minimum absolute atomic E-state index is 0.209. The van der Waals surface area contributed by atoms with E-state index >= 15 is 0 Å². The van der Waals surface area contributed by atoms with Crippen molar-refractivity contribution in [2.45, 2.75) is 18.9 Å². The van der Waals surface area contributed by atoms with Gasteiger partial charge in [0, 0.05) is 0 Å². The Labute approximate surface area is 146 Å². The zero-order chi connectivity index (χ0) is 14.9. The molecule has 19 heavy (non-hydrogen) atoms. The SMILES string of the molecule is [O]CCc1ccccc1C(Cl)(Cl)C(Cl)(Cl)C(Cl)(Cl)Cl. The largest absolute Gasteiger partial charge is 0.236 e. The third-order valence-corrected chi connectivity index (χ3v) is 6.40. The van der Waals surface area contributed by atoms with Gasteiger partial charge in [-0.1, -0.05) is 105 Å². The fraction of sp³-hybridized carbons (Fsp3) is 0.455. The van der Waals surface area contributed by atoms with E-state index in [1.54, 1.807) is 24.3 Å². The molecule has 0 heterocycles. The van der Waals surface area contributed by atoms with Gasteiger partial charge in [-0.05, 0) is 17.5 Å². The van der Waals surface area contributed by atoms with Crippen molar-refractivity contribution in [3.05, 3.63) is 35.4 Å². The molecule has 8 heteroatoms. The highest BCUT2D eigenvalue weighted by molar-refractivity contribution is 6.78. The molecule has 1 radical (unpaired) electrons. The highest BCUT2D eigenvalue weighted by Gasteiger charge is 2.61. The minimum Gasteiger partial charge on any atom is -0.236 e. The normalized spacial score (nSPS) is 13.7. The van der Waals surface area contributed by atoms with Gasteiger partial charge in [-0.2, -0.15) is 0 Å². The fourth-order valence-corrected chi connectivity index (χ4v) is 3.07. The van der Waals surface area contributed by atoms with E-state index in [2.05, 4.69) is 0 Å². The monoisotopic (exact) mass is 401 g/mol. The minimum atomic E-state index is -2.12. The summed E-state index contributed by atoms with van der Waals surface area (Å²) in [5, 5.41) is 10.8. The predicted molar refractivity (Wildman–Crippen MR) is 83.8 cm³/mol. The number of halogens is 7. The number of alkyl halides is 7. The molecule has 0 bridgehead atoms. The Hall–Kier alpha value is 1.21. The lowest BCUT2D eigenvalue weighted by Crippen LogP contribution is -2.45. The zero-order valence-corrected chi connectivity index (χ0v) is 14.6. The summed E-state index contributed by atoms with van der Waals surface area (Å²) in [6.07, 6.45) is 0.209. The maximum absolute atomic E-state index is 10.8. The molecule has 0 N–H and O–H groups in total. The van der Waals surface area contributed by atoms with E-state index in [1.165, 1.54) is 0 Å². The Balaban J connectivity index is 3.35. The molecule has 0 saturated carbocycles. The van der Waals surface area contributed by atoms with E-state index in [-0.39, 0.29) is 13.0 Å². The van der Waals surface area contributed by atoms with Crippen LogP contribution in [0, 0.1) is 0 Å². The summed E-state index contributed by atoms with van der Waals surface area (Å²) in [5.41, 5.74) is 0.938. The van der Waals surface area contributed by atoms with Crippen LogP contribution >= 0.6 is 81.2 Å². The van der Waals surface area contributed by atoms with Crippen LogP contribution in [0.1, 0.15) is 11.1 Å². The first-order chi connectivity index (χ1) is 8.55. The van der Waals surface area contributed by atoms with E-state index in [4.69, 9.17) is 81.2 Å². The lowest BCUT2D eigenvalue weighted by atomic mass is 9.99. The van der Waals surface area contributed by atoms with Crippen LogP contribution in [0.3, 0.4) is 0 Å². The average molecular weight is 404 g/mol. The molecule has 107 valence electrons. The zero-order valence-electron chi connectivity index (χ0n) is 9.28. The fourth-order valence-electron chi connectivity index (χ4n) is 1.50. The smallest absolute Gasteiger partial charge is 0.226 e. The second-order valence-corrected chi connectivity index (χ2v) is 8.69. The van der Waals surface area contributed by atoms with Crippen LogP contribution in [-0.2, 0) is 15.9 Å².